The first-order chi connectivity index (χ1) is 18.7. The van der Waals surface area contributed by atoms with Crippen LogP contribution in [-0.2, 0) is 16.6 Å². The number of anilines is 1. The minimum absolute atomic E-state index is 0.137. The van der Waals surface area contributed by atoms with Gasteiger partial charge in [0.1, 0.15) is 5.82 Å². The first-order valence-electron chi connectivity index (χ1n) is 12.6. The Morgan fingerprint density at radius 2 is 1.72 bits per heavy atom. The molecule has 200 valence electrons. The molecule has 8 nitrogen and oxygen atoms in total. The van der Waals surface area contributed by atoms with E-state index in [1.54, 1.807) is 17.7 Å². The molecule has 39 heavy (non-hydrogen) atoms. The second-order valence-corrected chi connectivity index (χ2v) is 12.4. The molecule has 3 aromatic carbocycles. The first kappa shape index (κ1) is 26.7. The summed E-state index contributed by atoms with van der Waals surface area (Å²) in [6, 6.07) is 21.4. The topological polar surface area (TPSA) is 97.2 Å². The van der Waals surface area contributed by atoms with Gasteiger partial charge in [-0.25, -0.2) is 13.4 Å². The van der Waals surface area contributed by atoms with Crippen molar-refractivity contribution in [2.75, 3.05) is 11.9 Å². The van der Waals surface area contributed by atoms with Crippen LogP contribution in [0.3, 0.4) is 0 Å². The molecule has 1 N–H and O–H groups in total. The van der Waals surface area contributed by atoms with Gasteiger partial charge in [-0.1, -0.05) is 54.7 Å². The molecule has 10 heteroatoms. The normalized spacial score (nSPS) is 11.8. The maximum atomic E-state index is 13.3. The van der Waals surface area contributed by atoms with Gasteiger partial charge in [0.2, 0.25) is 15.2 Å². The van der Waals surface area contributed by atoms with Gasteiger partial charge in [-0.15, -0.1) is 0 Å². The van der Waals surface area contributed by atoms with Crippen LogP contribution in [0.1, 0.15) is 39.7 Å². The molecule has 2 heterocycles. The Bertz CT molecular complexity index is 1760. The van der Waals surface area contributed by atoms with Gasteiger partial charge < -0.3 is 5.32 Å². The number of nitrogens with zero attached hydrogens (tertiary/aromatic N) is 4. The van der Waals surface area contributed by atoms with Crippen LogP contribution in [0.25, 0.3) is 15.3 Å². The zero-order valence-corrected chi connectivity index (χ0v) is 23.8. The van der Waals surface area contributed by atoms with Crippen molar-refractivity contribution in [3.8, 4) is 5.13 Å². The lowest BCUT2D eigenvalue weighted by atomic mass is 10.1. The third-order valence-electron chi connectivity index (χ3n) is 6.38. The molecule has 0 aliphatic rings. The summed E-state index contributed by atoms with van der Waals surface area (Å²) in [5.41, 5.74) is 5.13. The molecule has 5 aromatic rings. The van der Waals surface area contributed by atoms with Gasteiger partial charge in [0, 0.05) is 24.7 Å². The fraction of sp³-hybridized carbons (Fsp3) is 0.207. The Morgan fingerprint density at radius 1 is 1.00 bits per heavy atom. The summed E-state index contributed by atoms with van der Waals surface area (Å²) in [5.74, 6) is 0.118. The number of sulfonamides is 1. The predicted octanol–water partition coefficient (Wildman–Crippen LogP) is 5.87. The van der Waals surface area contributed by atoms with E-state index in [1.807, 2.05) is 44.2 Å². The third-order valence-corrected chi connectivity index (χ3v) is 9.29. The molecule has 0 saturated carbocycles. The van der Waals surface area contributed by atoms with E-state index in [4.69, 9.17) is 4.98 Å². The maximum absolute atomic E-state index is 13.3. The summed E-state index contributed by atoms with van der Waals surface area (Å²) in [6.45, 7) is 8.34. The van der Waals surface area contributed by atoms with Crippen LogP contribution >= 0.6 is 11.3 Å². The number of rotatable bonds is 8. The van der Waals surface area contributed by atoms with Crippen LogP contribution in [0.2, 0.25) is 0 Å². The standard InChI is InChI=1S/C29H29N5O3S2/c1-5-33(18-22-9-7-6-8-10-22)39(36,37)24-13-11-23(12-14-24)28(35)30-26-17-21(4)32-34(26)29-31-27-20(3)15-19(2)16-25(27)38-29/h6-17H,5,18H2,1-4H3,(H,30,35). The van der Waals surface area contributed by atoms with Crippen LogP contribution in [0.5, 0.6) is 0 Å². The summed E-state index contributed by atoms with van der Waals surface area (Å²) in [6.07, 6.45) is 0. The van der Waals surface area contributed by atoms with Crippen molar-refractivity contribution < 1.29 is 13.2 Å². The fourth-order valence-corrected chi connectivity index (χ4v) is 7.00. The van der Waals surface area contributed by atoms with E-state index in [-0.39, 0.29) is 17.3 Å². The van der Waals surface area contributed by atoms with Crippen molar-refractivity contribution in [1.82, 2.24) is 19.1 Å². The van der Waals surface area contributed by atoms with Gasteiger partial charge in [0.15, 0.2) is 0 Å². The number of thiazole rings is 1. The Kier molecular flexibility index (Phi) is 7.35. The van der Waals surface area contributed by atoms with Gasteiger partial charge in [-0.05, 0) is 67.8 Å². The van der Waals surface area contributed by atoms with Crippen molar-refractivity contribution in [2.45, 2.75) is 39.1 Å². The monoisotopic (exact) mass is 559 g/mol. The van der Waals surface area contributed by atoms with Crippen molar-refractivity contribution in [2.24, 2.45) is 0 Å². The summed E-state index contributed by atoms with van der Waals surface area (Å²) < 4.78 is 30.6. The highest BCUT2D eigenvalue weighted by molar-refractivity contribution is 7.89. The number of amides is 1. The zero-order valence-electron chi connectivity index (χ0n) is 22.2. The summed E-state index contributed by atoms with van der Waals surface area (Å²) in [4.78, 5) is 18.0. The van der Waals surface area contributed by atoms with E-state index in [0.717, 1.165) is 32.6 Å². The Labute approximate surface area is 232 Å². The highest BCUT2D eigenvalue weighted by Crippen LogP contribution is 2.30. The molecule has 0 atom stereocenters. The lowest BCUT2D eigenvalue weighted by Crippen LogP contribution is -2.30. The number of aromatic nitrogens is 3. The Morgan fingerprint density at radius 3 is 2.41 bits per heavy atom. The number of benzene rings is 3. The molecule has 5 rings (SSSR count). The molecule has 0 bridgehead atoms. The van der Waals surface area contributed by atoms with Crippen LogP contribution in [-0.4, -0.2) is 39.9 Å². The molecule has 2 aromatic heterocycles. The van der Waals surface area contributed by atoms with Gasteiger partial charge in [0.25, 0.3) is 5.91 Å². The largest absolute Gasteiger partial charge is 0.306 e. The highest BCUT2D eigenvalue weighted by Gasteiger charge is 2.24. The average Bonchev–Trinajstić information content (AvgIpc) is 3.50. The minimum atomic E-state index is -3.73. The molecule has 0 fully saturated rings. The molecule has 1 amide bonds. The average molecular weight is 560 g/mol. The van der Waals surface area contributed by atoms with E-state index in [9.17, 15) is 13.2 Å². The van der Waals surface area contributed by atoms with Crippen molar-refractivity contribution in [1.29, 1.82) is 0 Å². The number of hydrogen-bond acceptors (Lipinski definition) is 6. The number of hydrogen-bond donors (Lipinski definition) is 1. The zero-order chi connectivity index (χ0) is 27.7. The first-order valence-corrected chi connectivity index (χ1v) is 14.8. The van der Waals surface area contributed by atoms with Crippen LogP contribution in [0.4, 0.5) is 5.82 Å². The number of aryl methyl sites for hydroxylation is 3. The molecule has 0 unspecified atom stereocenters. The fourth-order valence-electron chi connectivity index (χ4n) is 4.45. The number of carbonyl (C=O) groups excluding carboxylic acids is 1. The molecule has 0 saturated heterocycles. The van der Waals surface area contributed by atoms with E-state index in [2.05, 4.69) is 29.5 Å². The van der Waals surface area contributed by atoms with E-state index < -0.39 is 10.0 Å². The smallest absolute Gasteiger partial charge is 0.256 e. The molecular weight excluding hydrogens is 530 g/mol. The SMILES string of the molecule is CCN(Cc1ccccc1)S(=O)(=O)c1ccc(C(=O)Nc2cc(C)nn2-c2nc3c(C)cc(C)cc3s2)cc1. The van der Waals surface area contributed by atoms with E-state index in [0.29, 0.717) is 23.1 Å². The van der Waals surface area contributed by atoms with Crippen LogP contribution in [0.15, 0.2) is 77.7 Å². The quantitative estimate of drug-likeness (QED) is 0.256. The van der Waals surface area contributed by atoms with Gasteiger partial charge in [-0.2, -0.15) is 14.1 Å². The molecule has 0 aliphatic carbocycles. The van der Waals surface area contributed by atoms with Crippen molar-refractivity contribution >= 4 is 43.3 Å². The number of fused-ring (bicyclic) bond motifs is 1. The maximum Gasteiger partial charge on any atom is 0.256 e. The van der Waals surface area contributed by atoms with Crippen LogP contribution in [0, 0.1) is 20.8 Å². The second-order valence-electron chi connectivity index (χ2n) is 9.40. The van der Waals surface area contributed by atoms with E-state index in [1.165, 1.54) is 39.9 Å². The highest BCUT2D eigenvalue weighted by atomic mass is 32.2. The second kappa shape index (κ2) is 10.7. The molecule has 0 spiro atoms. The van der Waals surface area contributed by atoms with Crippen LogP contribution < -0.4 is 5.32 Å². The minimum Gasteiger partial charge on any atom is -0.306 e. The van der Waals surface area contributed by atoms with E-state index >= 15 is 0 Å². The summed E-state index contributed by atoms with van der Waals surface area (Å²) in [5, 5.41) is 8.11. The number of carbonyl (C=O) groups is 1. The van der Waals surface area contributed by atoms with Gasteiger partial charge in [-0.3, -0.25) is 4.79 Å². The summed E-state index contributed by atoms with van der Waals surface area (Å²) >= 11 is 1.51. The molecular formula is C29H29N5O3S2. The Balaban J connectivity index is 1.36. The molecule has 0 radical (unpaired) electrons. The van der Waals surface area contributed by atoms with Gasteiger partial charge >= 0.3 is 0 Å². The third kappa shape index (κ3) is 5.49. The van der Waals surface area contributed by atoms with Crippen molar-refractivity contribution in [3.63, 3.8) is 0 Å². The summed E-state index contributed by atoms with van der Waals surface area (Å²) in [7, 11) is -3.73. The molecule has 0 aliphatic heterocycles. The lowest BCUT2D eigenvalue weighted by Gasteiger charge is -2.20. The predicted molar refractivity (Wildman–Crippen MR) is 155 cm³/mol. The number of nitrogens with one attached hydrogen (secondary N) is 1. The van der Waals surface area contributed by atoms with Crippen molar-refractivity contribution in [3.05, 3.63) is 101 Å². The lowest BCUT2D eigenvalue weighted by molar-refractivity contribution is 0.102. The van der Waals surface area contributed by atoms with Gasteiger partial charge in [0.05, 0.1) is 20.8 Å². The Hall–Kier alpha value is -3.86.